The number of pyridine rings is 1. The second kappa shape index (κ2) is 5.42. The third kappa shape index (κ3) is 3.03. The highest BCUT2D eigenvalue weighted by molar-refractivity contribution is 5.65. The Kier molecular flexibility index (Phi) is 3.55. The maximum Gasteiger partial charge on any atom is 0.271 e. The summed E-state index contributed by atoms with van der Waals surface area (Å²) in [6.45, 7) is 4.77. The van der Waals surface area contributed by atoms with Gasteiger partial charge in [-0.25, -0.2) is 0 Å². The smallest absolute Gasteiger partial charge is 0.271 e. The van der Waals surface area contributed by atoms with Crippen LogP contribution in [-0.4, -0.2) is 17.1 Å². The number of hydrogen-bond acceptors (Lipinski definition) is 5. The van der Waals surface area contributed by atoms with E-state index in [-0.39, 0.29) is 5.69 Å². The molecule has 1 aromatic carbocycles. The van der Waals surface area contributed by atoms with Crippen molar-refractivity contribution in [3.8, 4) is 5.75 Å². The standard InChI is InChI=1S/C16H17N3O4/c1-16(2)11-17(10-13-5-3-4-8-18(13)20)14-9-12(19(21)22)6-7-15(14)23-16/h3-9H,10-11H2,1-2H3. The highest BCUT2D eigenvalue weighted by Crippen LogP contribution is 2.39. The Labute approximate surface area is 133 Å². The van der Waals surface area contributed by atoms with E-state index in [1.54, 1.807) is 24.3 Å². The van der Waals surface area contributed by atoms with Crippen LogP contribution in [0.25, 0.3) is 0 Å². The molecule has 1 aliphatic heterocycles. The third-order valence-electron chi connectivity index (χ3n) is 3.71. The lowest BCUT2D eigenvalue weighted by atomic mass is 10.0. The summed E-state index contributed by atoms with van der Waals surface area (Å²) in [5.74, 6) is 0.584. The van der Waals surface area contributed by atoms with Gasteiger partial charge < -0.3 is 14.8 Å². The molecule has 0 fully saturated rings. The van der Waals surface area contributed by atoms with E-state index < -0.39 is 10.5 Å². The van der Waals surface area contributed by atoms with Gasteiger partial charge in [0.25, 0.3) is 5.69 Å². The SMILES string of the molecule is CC1(C)CN(Cc2cccc[n+]2[O-])c2cc([N+](=O)[O-])ccc2O1. The molecular weight excluding hydrogens is 298 g/mol. The van der Waals surface area contributed by atoms with Crippen LogP contribution in [-0.2, 0) is 6.54 Å². The predicted molar refractivity (Wildman–Crippen MR) is 84.3 cm³/mol. The normalized spacial score (nSPS) is 15.7. The summed E-state index contributed by atoms with van der Waals surface area (Å²) in [5, 5.41) is 22.9. The van der Waals surface area contributed by atoms with Crippen LogP contribution in [0.3, 0.4) is 0 Å². The first-order chi connectivity index (χ1) is 10.9. The van der Waals surface area contributed by atoms with Crippen molar-refractivity contribution < 1.29 is 14.4 Å². The Bertz CT molecular complexity index is 761. The Morgan fingerprint density at radius 3 is 2.83 bits per heavy atom. The van der Waals surface area contributed by atoms with Crippen molar-refractivity contribution in [3.05, 3.63) is 63.6 Å². The molecule has 2 heterocycles. The van der Waals surface area contributed by atoms with Crippen LogP contribution in [0.4, 0.5) is 11.4 Å². The largest absolute Gasteiger partial charge is 0.618 e. The molecular formula is C16H17N3O4. The number of nitrogens with zero attached hydrogens (tertiary/aromatic N) is 3. The zero-order chi connectivity index (χ0) is 16.6. The summed E-state index contributed by atoms with van der Waals surface area (Å²) < 4.78 is 6.71. The van der Waals surface area contributed by atoms with E-state index in [0.29, 0.717) is 30.2 Å². The van der Waals surface area contributed by atoms with E-state index in [1.807, 2.05) is 18.7 Å². The van der Waals surface area contributed by atoms with Gasteiger partial charge in [-0.15, -0.1) is 0 Å². The molecule has 7 heteroatoms. The topological polar surface area (TPSA) is 82.5 Å². The molecule has 2 aromatic rings. The van der Waals surface area contributed by atoms with Crippen LogP contribution in [0.5, 0.6) is 5.75 Å². The maximum absolute atomic E-state index is 11.9. The maximum atomic E-state index is 11.9. The molecule has 1 aliphatic rings. The van der Waals surface area contributed by atoms with Gasteiger partial charge in [0.1, 0.15) is 17.9 Å². The lowest BCUT2D eigenvalue weighted by molar-refractivity contribution is -0.614. The van der Waals surface area contributed by atoms with Crippen LogP contribution in [0.2, 0.25) is 0 Å². The fourth-order valence-corrected chi connectivity index (χ4v) is 2.75. The number of nitro benzene ring substituents is 1. The number of hydrogen-bond donors (Lipinski definition) is 0. The van der Waals surface area contributed by atoms with E-state index in [1.165, 1.54) is 18.3 Å². The van der Waals surface area contributed by atoms with Crippen molar-refractivity contribution >= 4 is 11.4 Å². The van der Waals surface area contributed by atoms with Gasteiger partial charge in [-0.05, 0) is 26.0 Å². The van der Waals surface area contributed by atoms with Gasteiger partial charge in [0, 0.05) is 24.3 Å². The minimum atomic E-state index is -0.453. The minimum Gasteiger partial charge on any atom is -0.618 e. The van der Waals surface area contributed by atoms with Gasteiger partial charge in [0.05, 0.1) is 17.2 Å². The van der Waals surface area contributed by atoms with Crippen molar-refractivity contribution in [1.82, 2.24) is 0 Å². The van der Waals surface area contributed by atoms with E-state index in [9.17, 15) is 15.3 Å². The van der Waals surface area contributed by atoms with Crippen molar-refractivity contribution in [2.24, 2.45) is 0 Å². The van der Waals surface area contributed by atoms with Gasteiger partial charge in [-0.3, -0.25) is 10.1 Å². The summed E-state index contributed by atoms with van der Waals surface area (Å²) in [4.78, 5) is 12.5. The van der Waals surface area contributed by atoms with Crippen molar-refractivity contribution in [2.75, 3.05) is 11.4 Å². The summed E-state index contributed by atoms with van der Waals surface area (Å²) >= 11 is 0. The van der Waals surface area contributed by atoms with Gasteiger partial charge in [0.2, 0.25) is 5.69 Å². The Hall–Kier alpha value is -2.83. The molecule has 0 radical (unpaired) electrons. The number of nitro groups is 1. The highest BCUT2D eigenvalue weighted by atomic mass is 16.6. The van der Waals surface area contributed by atoms with Crippen molar-refractivity contribution in [3.63, 3.8) is 0 Å². The molecule has 0 atom stereocenters. The number of benzene rings is 1. The fourth-order valence-electron chi connectivity index (χ4n) is 2.75. The Balaban J connectivity index is 2.01. The summed E-state index contributed by atoms with van der Waals surface area (Å²) in [5.41, 5.74) is 0.746. The second-order valence-corrected chi connectivity index (χ2v) is 6.14. The number of rotatable bonds is 3. The number of aromatic nitrogens is 1. The van der Waals surface area contributed by atoms with Gasteiger partial charge in [0.15, 0.2) is 6.20 Å². The molecule has 3 rings (SSSR count). The molecule has 1 aromatic heterocycles. The summed E-state index contributed by atoms with van der Waals surface area (Å²) in [6.07, 6.45) is 1.44. The minimum absolute atomic E-state index is 0.000109. The monoisotopic (exact) mass is 315 g/mol. The van der Waals surface area contributed by atoms with Gasteiger partial charge in [-0.1, -0.05) is 0 Å². The zero-order valence-electron chi connectivity index (χ0n) is 12.9. The Morgan fingerprint density at radius 2 is 2.13 bits per heavy atom. The second-order valence-electron chi connectivity index (χ2n) is 6.14. The van der Waals surface area contributed by atoms with Crippen molar-refractivity contribution in [1.29, 1.82) is 0 Å². The van der Waals surface area contributed by atoms with E-state index in [0.717, 1.165) is 4.73 Å². The number of ether oxygens (including phenoxy) is 1. The van der Waals surface area contributed by atoms with Crippen molar-refractivity contribution in [2.45, 2.75) is 26.0 Å². The van der Waals surface area contributed by atoms with Crippen LogP contribution >= 0.6 is 0 Å². The molecule has 0 aliphatic carbocycles. The first-order valence-corrected chi connectivity index (χ1v) is 7.25. The quantitative estimate of drug-likeness (QED) is 0.376. The first kappa shape index (κ1) is 15.1. The van der Waals surface area contributed by atoms with Crippen LogP contribution < -0.4 is 14.4 Å². The molecule has 0 spiro atoms. The van der Waals surface area contributed by atoms with Crippen LogP contribution in [0.15, 0.2) is 42.6 Å². The predicted octanol–water partition coefficient (Wildman–Crippen LogP) is 2.41. The molecule has 0 amide bonds. The summed E-state index contributed by atoms with van der Waals surface area (Å²) in [7, 11) is 0. The molecule has 0 N–H and O–H groups in total. The molecule has 23 heavy (non-hydrogen) atoms. The zero-order valence-corrected chi connectivity index (χ0v) is 12.9. The lowest BCUT2D eigenvalue weighted by Crippen LogP contribution is -2.48. The lowest BCUT2D eigenvalue weighted by Gasteiger charge is -2.40. The number of non-ortho nitro benzene ring substituents is 1. The van der Waals surface area contributed by atoms with Gasteiger partial charge in [-0.2, -0.15) is 4.73 Å². The van der Waals surface area contributed by atoms with Crippen LogP contribution in [0.1, 0.15) is 19.5 Å². The number of fused-ring (bicyclic) bond motifs is 1. The van der Waals surface area contributed by atoms with E-state index in [2.05, 4.69) is 0 Å². The Morgan fingerprint density at radius 1 is 1.35 bits per heavy atom. The molecule has 7 nitrogen and oxygen atoms in total. The average molecular weight is 315 g/mol. The average Bonchev–Trinajstić information content (AvgIpc) is 2.48. The van der Waals surface area contributed by atoms with Crippen LogP contribution in [0, 0.1) is 15.3 Å². The molecule has 0 saturated carbocycles. The summed E-state index contributed by atoms with van der Waals surface area (Å²) in [6, 6.07) is 9.73. The highest BCUT2D eigenvalue weighted by Gasteiger charge is 2.33. The molecule has 0 unspecified atom stereocenters. The van der Waals surface area contributed by atoms with E-state index in [4.69, 9.17) is 4.74 Å². The number of anilines is 1. The fraction of sp³-hybridized carbons (Fsp3) is 0.312. The third-order valence-corrected chi connectivity index (χ3v) is 3.71. The molecule has 120 valence electrons. The molecule has 0 saturated heterocycles. The first-order valence-electron chi connectivity index (χ1n) is 7.25. The van der Waals surface area contributed by atoms with Gasteiger partial charge >= 0.3 is 0 Å². The molecule has 0 bridgehead atoms. The van der Waals surface area contributed by atoms with E-state index >= 15 is 0 Å².